The molecule has 0 radical (unpaired) electrons. The fourth-order valence-electron chi connectivity index (χ4n) is 1.52. The van der Waals surface area contributed by atoms with Crippen LogP contribution >= 0.6 is 0 Å². The fourth-order valence-corrected chi connectivity index (χ4v) is 1.52. The molecule has 80 valence electrons. The predicted octanol–water partition coefficient (Wildman–Crippen LogP) is 2.49. The Hall–Kier alpha value is -1.35. The molecule has 0 spiro atoms. The van der Waals surface area contributed by atoms with Crippen LogP contribution in [0.15, 0.2) is 22.6 Å². The number of nitrogens with zero attached hydrogens (tertiary/aromatic N) is 1. The lowest BCUT2D eigenvalue weighted by molar-refractivity contribution is 0.299. The van der Waals surface area contributed by atoms with Crippen molar-refractivity contribution in [1.29, 1.82) is 0 Å². The Balaban J connectivity index is 2.43. The lowest BCUT2D eigenvalue weighted by atomic mass is 10.1. The lowest BCUT2D eigenvalue weighted by Crippen LogP contribution is -1.89. The minimum Gasteiger partial charge on any atom is -0.440 e. The molecule has 0 fully saturated rings. The number of rotatable bonds is 3. The van der Waals surface area contributed by atoms with Crippen LogP contribution in [0.5, 0.6) is 0 Å². The average molecular weight is 205 g/mol. The van der Waals surface area contributed by atoms with Gasteiger partial charge in [-0.2, -0.15) is 0 Å². The molecule has 1 heterocycles. The van der Waals surface area contributed by atoms with Crippen LogP contribution in [-0.2, 0) is 6.42 Å². The zero-order valence-corrected chi connectivity index (χ0v) is 9.03. The van der Waals surface area contributed by atoms with Crippen LogP contribution in [0.3, 0.4) is 0 Å². The molecule has 0 bridgehead atoms. The van der Waals surface area contributed by atoms with Crippen LogP contribution in [-0.4, -0.2) is 16.7 Å². The van der Waals surface area contributed by atoms with Gasteiger partial charge in [0.15, 0.2) is 11.5 Å². The molecule has 1 aromatic heterocycles. The summed E-state index contributed by atoms with van der Waals surface area (Å²) in [4.78, 5) is 4.38. The second kappa shape index (κ2) is 4.03. The monoisotopic (exact) mass is 205 g/mol. The molecule has 15 heavy (non-hydrogen) atoms. The van der Waals surface area contributed by atoms with Crippen molar-refractivity contribution >= 4 is 11.1 Å². The maximum Gasteiger partial charge on any atom is 0.198 e. The van der Waals surface area contributed by atoms with Gasteiger partial charge in [-0.15, -0.1) is 0 Å². The molecule has 0 atom stereocenters. The molecule has 3 nitrogen and oxygen atoms in total. The van der Waals surface area contributed by atoms with E-state index in [2.05, 4.69) is 18.8 Å². The van der Waals surface area contributed by atoms with Crippen LogP contribution < -0.4 is 0 Å². The van der Waals surface area contributed by atoms with Crippen LogP contribution in [0.25, 0.3) is 11.1 Å². The molecule has 1 N–H and O–H groups in total. The molecule has 0 amide bonds. The number of hydrogen-bond acceptors (Lipinski definition) is 3. The molecule has 0 unspecified atom stereocenters. The highest BCUT2D eigenvalue weighted by molar-refractivity contribution is 5.73. The van der Waals surface area contributed by atoms with Crippen molar-refractivity contribution in [3.05, 3.63) is 29.7 Å². The van der Waals surface area contributed by atoms with Crippen molar-refractivity contribution in [2.45, 2.75) is 26.2 Å². The molecule has 2 aromatic rings. The lowest BCUT2D eigenvalue weighted by Gasteiger charge is -1.96. The van der Waals surface area contributed by atoms with E-state index in [0.29, 0.717) is 12.3 Å². The maximum absolute atomic E-state index is 8.84. The number of hydrogen-bond donors (Lipinski definition) is 1. The largest absolute Gasteiger partial charge is 0.440 e. The van der Waals surface area contributed by atoms with E-state index in [-0.39, 0.29) is 6.61 Å². The van der Waals surface area contributed by atoms with E-state index in [0.717, 1.165) is 22.6 Å². The summed E-state index contributed by atoms with van der Waals surface area (Å²) < 4.78 is 5.62. The van der Waals surface area contributed by atoms with Gasteiger partial charge >= 0.3 is 0 Å². The second-order valence-electron chi connectivity index (χ2n) is 3.98. The minimum atomic E-state index is 0.163. The van der Waals surface area contributed by atoms with Gasteiger partial charge in [0.05, 0.1) is 0 Å². The first-order valence-corrected chi connectivity index (χ1v) is 5.21. The minimum absolute atomic E-state index is 0.163. The van der Waals surface area contributed by atoms with Crippen LogP contribution in [0, 0.1) is 0 Å². The SMILES string of the molecule is CC(C)c1nc2ccc(CCO)cc2o1. The number of aliphatic hydroxyl groups excluding tert-OH is 1. The fraction of sp³-hybridized carbons (Fsp3) is 0.417. The maximum atomic E-state index is 8.84. The number of benzene rings is 1. The highest BCUT2D eigenvalue weighted by atomic mass is 16.3. The smallest absolute Gasteiger partial charge is 0.198 e. The van der Waals surface area contributed by atoms with Gasteiger partial charge in [0.25, 0.3) is 0 Å². The van der Waals surface area contributed by atoms with Crippen LogP contribution in [0.1, 0.15) is 31.2 Å². The van der Waals surface area contributed by atoms with Gasteiger partial charge in [-0.25, -0.2) is 4.98 Å². The Morgan fingerprint density at radius 3 is 2.87 bits per heavy atom. The van der Waals surface area contributed by atoms with E-state index in [4.69, 9.17) is 9.52 Å². The summed E-state index contributed by atoms with van der Waals surface area (Å²) in [6.45, 7) is 4.27. The molecule has 0 aliphatic rings. The topological polar surface area (TPSA) is 46.3 Å². The third kappa shape index (κ3) is 2.02. The molecule has 0 saturated carbocycles. The Bertz CT molecular complexity index is 460. The highest BCUT2D eigenvalue weighted by Gasteiger charge is 2.09. The summed E-state index contributed by atoms with van der Waals surface area (Å²) in [6.07, 6.45) is 0.660. The van der Waals surface area contributed by atoms with Crippen molar-refractivity contribution in [1.82, 2.24) is 4.98 Å². The molecule has 1 aromatic carbocycles. The van der Waals surface area contributed by atoms with E-state index >= 15 is 0 Å². The first-order valence-electron chi connectivity index (χ1n) is 5.21. The van der Waals surface area contributed by atoms with Crippen molar-refractivity contribution in [2.24, 2.45) is 0 Å². The van der Waals surface area contributed by atoms with Gasteiger partial charge in [-0.05, 0) is 24.1 Å². The first kappa shape index (κ1) is 10.2. The molecule has 2 rings (SSSR count). The highest BCUT2D eigenvalue weighted by Crippen LogP contribution is 2.22. The van der Waals surface area contributed by atoms with Crippen LogP contribution in [0.2, 0.25) is 0 Å². The quantitative estimate of drug-likeness (QED) is 0.837. The van der Waals surface area contributed by atoms with E-state index in [1.807, 2.05) is 18.2 Å². The summed E-state index contributed by atoms with van der Waals surface area (Å²) in [5, 5.41) is 8.84. The summed E-state index contributed by atoms with van der Waals surface area (Å²) in [5.74, 6) is 1.07. The zero-order valence-electron chi connectivity index (χ0n) is 9.03. The Labute approximate surface area is 88.7 Å². The standard InChI is InChI=1S/C12H15NO2/c1-8(2)12-13-10-4-3-9(5-6-14)7-11(10)15-12/h3-4,7-8,14H,5-6H2,1-2H3. The summed E-state index contributed by atoms with van der Waals surface area (Å²) in [5.41, 5.74) is 2.78. The Morgan fingerprint density at radius 2 is 2.20 bits per heavy atom. The molecular weight excluding hydrogens is 190 g/mol. The van der Waals surface area contributed by atoms with Gasteiger partial charge in [0.2, 0.25) is 0 Å². The summed E-state index contributed by atoms with van der Waals surface area (Å²) in [6, 6.07) is 5.87. The first-order chi connectivity index (χ1) is 7.20. The van der Waals surface area contributed by atoms with Gasteiger partial charge in [0, 0.05) is 12.5 Å². The van der Waals surface area contributed by atoms with Gasteiger partial charge in [0.1, 0.15) is 5.52 Å². The summed E-state index contributed by atoms with van der Waals surface area (Å²) in [7, 11) is 0. The Morgan fingerprint density at radius 1 is 1.40 bits per heavy atom. The third-order valence-electron chi connectivity index (χ3n) is 2.36. The van der Waals surface area contributed by atoms with Crippen LogP contribution in [0.4, 0.5) is 0 Å². The van der Waals surface area contributed by atoms with Crippen molar-refractivity contribution in [2.75, 3.05) is 6.61 Å². The van der Waals surface area contributed by atoms with Crippen molar-refractivity contribution < 1.29 is 9.52 Å². The molecule has 0 aliphatic heterocycles. The molecular formula is C12H15NO2. The summed E-state index contributed by atoms with van der Waals surface area (Å²) >= 11 is 0. The predicted molar refractivity (Wildman–Crippen MR) is 58.9 cm³/mol. The van der Waals surface area contributed by atoms with Crippen molar-refractivity contribution in [3.63, 3.8) is 0 Å². The molecule has 3 heteroatoms. The molecule has 0 aliphatic carbocycles. The van der Waals surface area contributed by atoms with Gasteiger partial charge < -0.3 is 9.52 Å². The zero-order chi connectivity index (χ0) is 10.8. The van der Waals surface area contributed by atoms with E-state index < -0.39 is 0 Å². The second-order valence-corrected chi connectivity index (χ2v) is 3.98. The number of aromatic nitrogens is 1. The number of aliphatic hydroxyl groups is 1. The Kier molecular flexibility index (Phi) is 2.73. The molecule has 0 saturated heterocycles. The van der Waals surface area contributed by atoms with E-state index in [1.165, 1.54) is 0 Å². The third-order valence-corrected chi connectivity index (χ3v) is 2.36. The number of fused-ring (bicyclic) bond motifs is 1. The van der Waals surface area contributed by atoms with E-state index in [9.17, 15) is 0 Å². The normalized spacial score (nSPS) is 11.5. The van der Waals surface area contributed by atoms with E-state index in [1.54, 1.807) is 0 Å². The average Bonchev–Trinajstić information content (AvgIpc) is 2.61. The van der Waals surface area contributed by atoms with Gasteiger partial charge in [-0.3, -0.25) is 0 Å². The van der Waals surface area contributed by atoms with Gasteiger partial charge in [-0.1, -0.05) is 19.9 Å². The number of oxazole rings is 1. The van der Waals surface area contributed by atoms with Crippen molar-refractivity contribution in [3.8, 4) is 0 Å².